The van der Waals surface area contributed by atoms with Gasteiger partial charge in [0, 0.05) is 10.9 Å². The van der Waals surface area contributed by atoms with Gasteiger partial charge in [-0.25, -0.2) is 0 Å². The first-order valence-electron chi connectivity index (χ1n) is 5.47. The van der Waals surface area contributed by atoms with Crippen molar-refractivity contribution in [2.75, 3.05) is 0 Å². The van der Waals surface area contributed by atoms with Crippen LogP contribution in [0.2, 0.25) is 0 Å². The van der Waals surface area contributed by atoms with Crippen molar-refractivity contribution >= 4 is 21.7 Å². The fraction of sp³-hybridized carbons (Fsp3) is 0.357. The number of hydrogen-bond acceptors (Lipinski definition) is 2. The van der Waals surface area contributed by atoms with Crippen molar-refractivity contribution < 1.29 is 9.90 Å². The van der Waals surface area contributed by atoms with E-state index in [0.717, 1.165) is 10.0 Å². The van der Waals surface area contributed by atoms with E-state index in [9.17, 15) is 9.90 Å². The minimum Gasteiger partial charge on any atom is -0.387 e. The highest BCUT2D eigenvalue weighted by Crippen LogP contribution is 2.35. The van der Waals surface area contributed by atoms with Crippen molar-refractivity contribution in [2.24, 2.45) is 5.41 Å². The lowest BCUT2D eigenvalue weighted by Gasteiger charge is -2.29. The number of Topliss-reactive ketones (excluding diaryl/α,β-unsaturated/α-hetero) is 1. The van der Waals surface area contributed by atoms with E-state index in [-0.39, 0.29) is 12.2 Å². The van der Waals surface area contributed by atoms with E-state index in [1.807, 2.05) is 24.3 Å². The molecule has 0 amide bonds. The number of allylic oxidation sites excluding steroid dienone is 1. The maximum Gasteiger partial charge on any atom is 0.145 e. The highest BCUT2D eigenvalue weighted by molar-refractivity contribution is 9.10. The maximum absolute atomic E-state index is 11.9. The second kappa shape index (κ2) is 5.61. The molecule has 92 valence electrons. The quantitative estimate of drug-likeness (QED) is 0.842. The van der Waals surface area contributed by atoms with Gasteiger partial charge in [0.25, 0.3) is 0 Å². The molecule has 0 radical (unpaired) electrons. The number of benzene rings is 1. The van der Waals surface area contributed by atoms with Gasteiger partial charge in [-0.15, -0.1) is 6.58 Å². The molecular weight excluding hydrogens is 280 g/mol. The minimum absolute atomic E-state index is 0.0112. The van der Waals surface area contributed by atoms with Crippen LogP contribution in [0.3, 0.4) is 0 Å². The topological polar surface area (TPSA) is 37.3 Å². The van der Waals surface area contributed by atoms with E-state index >= 15 is 0 Å². The van der Waals surface area contributed by atoms with Gasteiger partial charge in [-0.1, -0.05) is 48.0 Å². The Morgan fingerprint density at radius 2 is 2.00 bits per heavy atom. The second-order valence-corrected chi connectivity index (χ2v) is 5.51. The summed E-state index contributed by atoms with van der Waals surface area (Å²) in [5.74, 6) is -0.0112. The Morgan fingerprint density at radius 1 is 1.47 bits per heavy atom. The van der Waals surface area contributed by atoms with E-state index < -0.39 is 11.5 Å². The lowest BCUT2D eigenvalue weighted by Crippen LogP contribution is -2.31. The van der Waals surface area contributed by atoms with Crippen LogP contribution >= 0.6 is 15.9 Å². The Morgan fingerprint density at radius 3 is 2.47 bits per heavy atom. The Balaban J connectivity index is 2.94. The molecule has 0 spiro atoms. The number of rotatable bonds is 5. The van der Waals surface area contributed by atoms with Crippen molar-refractivity contribution in [1.82, 2.24) is 0 Å². The lowest BCUT2D eigenvalue weighted by molar-refractivity contribution is -0.132. The van der Waals surface area contributed by atoms with Crippen LogP contribution in [-0.4, -0.2) is 10.9 Å². The Kier molecular flexibility index (Phi) is 4.66. The average Bonchev–Trinajstić information content (AvgIpc) is 2.29. The van der Waals surface area contributed by atoms with Crippen LogP contribution in [0.1, 0.15) is 31.9 Å². The Hall–Kier alpha value is -0.930. The van der Waals surface area contributed by atoms with Crippen LogP contribution in [0.25, 0.3) is 0 Å². The molecule has 2 nitrogen and oxygen atoms in total. The van der Waals surface area contributed by atoms with Crippen molar-refractivity contribution in [3.63, 3.8) is 0 Å². The second-order valence-electron chi connectivity index (χ2n) is 4.59. The molecule has 0 fully saturated rings. The van der Waals surface area contributed by atoms with Crippen molar-refractivity contribution in [1.29, 1.82) is 0 Å². The van der Waals surface area contributed by atoms with Crippen molar-refractivity contribution in [2.45, 2.75) is 26.4 Å². The molecule has 1 rings (SSSR count). The van der Waals surface area contributed by atoms with Gasteiger partial charge in [0.05, 0.1) is 11.5 Å². The van der Waals surface area contributed by atoms with Gasteiger partial charge in [0.2, 0.25) is 0 Å². The highest BCUT2D eigenvalue weighted by Gasteiger charge is 2.35. The predicted octanol–water partition coefficient (Wildman–Crippen LogP) is 3.65. The summed E-state index contributed by atoms with van der Waals surface area (Å²) in [6.07, 6.45) is 1.04. The molecule has 0 heterocycles. The molecule has 1 unspecified atom stereocenters. The van der Waals surface area contributed by atoms with Crippen LogP contribution in [-0.2, 0) is 4.79 Å². The molecule has 0 saturated heterocycles. The van der Waals surface area contributed by atoms with Gasteiger partial charge in [-0.3, -0.25) is 4.79 Å². The van der Waals surface area contributed by atoms with Crippen LogP contribution in [0, 0.1) is 5.41 Å². The number of carbonyl (C=O) groups excluding carboxylic acids is 1. The normalized spacial score (nSPS) is 13.2. The third-order valence-corrected chi connectivity index (χ3v) is 3.45. The first-order valence-corrected chi connectivity index (χ1v) is 6.26. The first-order chi connectivity index (χ1) is 7.89. The summed E-state index contributed by atoms with van der Waals surface area (Å²) >= 11 is 3.34. The van der Waals surface area contributed by atoms with E-state index in [2.05, 4.69) is 22.5 Å². The van der Waals surface area contributed by atoms with E-state index in [0.29, 0.717) is 0 Å². The summed E-state index contributed by atoms with van der Waals surface area (Å²) in [6, 6.07) is 7.34. The molecule has 17 heavy (non-hydrogen) atoms. The van der Waals surface area contributed by atoms with E-state index in [1.54, 1.807) is 19.9 Å². The number of ketones is 1. The zero-order valence-corrected chi connectivity index (χ0v) is 11.7. The van der Waals surface area contributed by atoms with Gasteiger partial charge in [-0.05, 0) is 17.7 Å². The molecule has 0 aliphatic rings. The van der Waals surface area contributed by atoms with Crippen molar-refractivity contribution in [3.8, 4) is 0 Å². The highest BCUT2D eigenvalue weighted by atomic mass is 79.9. The minimum atomic E-state index is -0.804. The van der Waals surface area contributed by atoms with Crippen molar-refractivity contribution in [3.05, 3.63) is 47.0 Å². The zero-order valence-electron chi connectivity index (χ0n) is 10.1. The number of aliphatic hydroxyl groups is 1. The van der Waals surface area contributed by atoms with E-state index in [1.165, 1.54) is 0 Å². The van der Waals surface area contributed by atoms with Gasteiger partial charge < -0.3 is 5.11 Å². The van der Waals surface area contributed by atoms with E-state index in [4.69, 9.17) is 0 Å². The predicted molar refractivity (Wildman–Crippen MR) is 72.7 cm³/mol. The monoisotopic (exact) mass is 296 g/mol. The van der Waals surface area contributed by atoms with Gasteiger partial charge in [0.1, 0.15) is 5.78 Å². The van der Waals surface area contributed by atoms with Crippen LogP contribution < -0.4 is 0 Å². The third-order valence-electron chi connectivity index (χ3n) is 2.92. The molecule has 0 saturated carbocycles. The summed E-state index contributed by atoms with van der Waals surface area (Å²) in [4.78, 5) is 11.9. The molecule has 0 aliphatic heterocycles. The molecule has 0 aromatic heterocycles. The summed E-state index contributed by atoms with van der Waals surface area (Å²) in [5, 5.41) is 10.3. The van der Waals surface area contributed by atoms with Gasteiger partial charge >= 0.3 is 0 Å². The smallest absolute Gasteiger partial charge is 0.145 e. The van der Waals surface area contributed by atoms with Crippen LogP contribution in [0.15, 0.2) is 41.4 Å². The average molecular weight is 297 g/mol. The van der Waals surface area contributed by atoms with Crippen LogP contribution in [0.4, 0.5) is 0 Å². The summed E-state index contributed by atoms with van der Waals surface area (Å²) in [7, 11) is 0. The largest absolute Gasteiger partial charge is 0.387 e. The maximum atomic E-state index is 11.9. The lowest BCUT2D eigenvalue weighted by atomic mass is 9.78. The molecule has 0 aliphatic carbocycles. The summed E-state index contributed by atoms with van der Waals surface area (Å²) in [6.45, 7) is 7.06. The molecule has 1 aromatic rings. The number of aliphatic hydroxyl groups excluding tert-OH is 1. The van der Waals surface area contributed by atoms with Crippen LogP contribution in [0.5, 0.6) is 0 Å². The summed E-state index contributed by atoms with van der Waals surface area (Å²) < 4.78 is 0.948. The molecule has 1 aromatic carbocycles. The summed E-state index contributed by atoms with van der Waals surface area (Å²) in [5.41, 5.74) is -0.0576. The SMILES string of the molecule is C=CCC(=O)C(C)(C)C(O)c1ccc(Br)cc1. The fourth-order valence-corrected chi connectivity index (χ4v) is 1.87. The zero-order chi connectivity index (χ0) is 13.1. The molecule has 3 heteroatoms. The third kappa shape index (κ3) is 3.27. The molecule has 1 N–H and O–H groups in total. The standard InChI is InChI=1S/C14H17BrO2/c1-4-5-12(16)14(2,3)13(17)10-6-8-11(15)9-7-10/h4,6-9,13,17H,1,5H2,2-3H3. The van der Waals surface area contributed by atoms with Gasteiger partial charge in [-0.2, -0.15) is 0 Å². The Bertz CT molecular complexity index is 407. The first kappa shape index (κ1) is 14.1. The molecular formula is C14H17BrO2. The number of hydrogen-bond donors (Lipinski definition) is 1. The fourth-order valence-electron chi connectivity index (χ4n) is 1.61. The van der Waals surface area contributed by atoms with Gasteiger partial charge in [0.15, 0.2) is 0 Å². The molecule has 1 atom stereocenters. The Labute approximate surface area is 110 Å². The number of carbonyl (C=O) groups is 1. The molecule has 0 bridgehead atoms. The number of halogens is 1.